The van der Waals surface area contributed by atoms with Gasteiger partial charge >= 0.3 is 0 Å². The van der Waals surface area contributed by atoms with Gasteiger partial charge < -0.3 is 36.0 Å². The standard InChI is InChI=1S/C8H17NO7/c1-3(11)9-8(16)7(15)6(14)5(13)4(12)2-10/h3-7,10-15H,2H2,1H3,(H,9,16). The molecular weight excluding hydrogens is 222 g/mol. The summed E-state index contributed by atoms with van der Waals surface area (Å²) in [5.41, 5.74) is 0. The molecule has 0 fully saturated rings. The van der Waals surface area contributed by atoms with Gasteiger partial charge in [0.25, 0.3) is 5.91 Å². The monoisotopic (exact) mass is 239 g/mol. The summed E-state index contributed by atoms with van der Waals surface area (Å²) in [6, 6.07) is 0. The van der Waals surface area contributed by atoms with Crippen LogP contribution in [0.3, 0.4) is 0 Å². The molecule has 0 saturated carbocycles. The molecule has 8 nitrogen and oxygen atoms in total. The predicted octanol–water partition coefficient (Wildman–Crippen LogP) is -4.12. The number of hydrogen-bond acceptors (Lipinski definition) is 7. The Bertz CT molecular complexity index is 222. The zero-order chi connectivity index (χ0) is 12.9. The Morgan fingerprint density at radius 2 is 1.62 bits per heavy atom. The highest BCUT2D eigenvalue weighted by molar-refractivity contribution is 5.81. The first-order valence-electron chi connectivity index (χ1n) is 4.62. The molecule has 7 N–H and O–H groups in total. The molecule has 0 aromatic rings. The summed E-state index contributed by atoms with van der Waals surface area (Å²) in [5, 5.41) is 55.7. The molecule has 16 heavy (non-hydrogen) atoms. The van der Waals surface area contributed by atoms with E-state index in [9.17, 15) is 20.1 Å². The lowest BCUT2D eigenvalue weighted by Gasteiger charge is -2.25. The van der Waals surface area contributed by atoms with Gasteiger partial charge in [0.15, 0.2) is 6.10 Å². The number of aliphatic hydroxyl groups excluding tert-OH is 6. The van der Waals surface area contributed by atoms with Crippen LogP contribution in [0.2, 0.25) is 0 Å². The molecule has 5 atom stereocenters. The van der Waals surface area contributed by atoms with Crippen molar-refractivity contribution >= 4 is 5.91 Å². The second kappa shape index (κ2) is 6.74. The van der Waals surface area contributed by atoms with Crippen molar-refractivity contribution in [1.82, 2.24) is 5.32 Å². The fourth-order valence-electron chi connectivity index (χ4n) is 0.969. The smallest absolute Gasteiger partial charge is 0.253 e. The van der Waals surface area contributed by atoms with Crippen molar-refractivity contribution in [1.29, 1.82) is 0 Å². The molecule has 0 aliphatic heterocycles. The highest BCUT2D eigenvalue weighted by atomic mass is 16.4. The summed E-state index contributed by atoms with van der Waals surface area (Å²) < 4.78 is 0. The van der Waals surface area contributed by atoms with Gasteiger partial charge in [-0.25, -0.2) is 0 Å². The lowest BCUT2D eigenvalue weighted by molar-refractivity contribution is -0.151. The van der Waals surface area contributed by atoms with Crippen molar-refractivity contribution in [3.8, 4) is 0 Å². The Labute approximate surface area is 91.8 Å². The van der Waals surface area contributed by atoms with E-state index >= 15 is 0 Å². The van der Waals surface area contributed by atoms with Crippen molar-refractivity contribution in [2.24, 2.45) is 0 Å². The normalized spacial score (nSPS) is 20.7. The van der Waals surface area contributed by atoms with Gasteiger partial charge in [-0.15, -0.1) is 0 Å². The molecule has 96 valence electrons. The van der Waals surface area contributed by atoms with Gasteiger partial charge in [0.05, 0.1) is 6.61 Å². The fraction of sp³-hybridized carbons (Fsp3) is 0.875. The molecule has 0 aliphatic rings. The van der Waals surface area contributed by atoms with E-state index in [-0.39, 0.29) is 0 Å². The first kappa shape index (κ1) is 15.2. The number of aliphatic hydroxyl groups is 6. The van der Waals surface area contributed by atoms with E-state index in [4.69, 9.17) is 15.3 Å². The molecule has 0 spiro atoms. The molecule has 8 heteroatoms. The maximum atomic E-state index is 11.1. The highest BCUT2D eigenvalue weighted by Crippen LogP contribution is 2.05. The van der Waals surface area contributed by atoms with Gasteiger partial charge in [-0.3, -0.25) is 4.79 Å². The minimum absolute atomic E-state index is 0.830. The second-order valence-corrected chi connectivity index (χ2v) is 3.36. The summed E-state index contributed by atoms with van der Waals surface area (Å²) >= 11 is 0. The molecule has 0 saturated heterocycles. The lowest BCUT2D eigenvalue weighted by atomic mass is 10.0. The van der Waals surface area contributed by atoms with Crippen LogP contribution >= 0.6 is 0 Å². The number of carbonyl (C=O) groups is 1. The first-order valence-corrected chi connectivity index (χ1v) is 4.62. The van der Waals surface area contributed by atoms with Gasteiger partial charge in [-0.2, -0.15) is 0 Å². The third-order valence-corrected chi connectivity index (χ3v) is 1.87. The van der Waals surface area contributed by atoms with Crippen LogP contribution in [0.1, 0.15) is 6.92 Å². The van der Waals surface area contributed by atoms with E-state index in [1.165, 1.54) is 6.92 Å². The zero-order valence-electron chi connectivity index (χ0n) is 8.69. The predicted molar refractivity (Wildman–Crippen MR) is 50.9 cm³/mol. The molecule has 5 unspecified atom stereocenters. The third kappa shape index (κ3) is 4.39. The summed E-state index contributed by atoms with van der Waals surface area (Å²) in [6.45, 7) is 0.388. The van der Waals surface area contributed by atoms with E-state index in [1.807, 2.05) is 5.32 Å². The van der Waals surface area contributed by atoms with Gasteiger partial charge in [-0.05, 0) is 6.92 Å². The van der Waals surface area contributed by atoms with Gasteiger partial charge in [0.2, 0.25) is 0 Å². The second-order valence-electron chi connectivity index (χ2n) is 3.36. The molecule has 0 aromatic heterocycles. The minimum Gasteiger partial charge on any atom is -0.394 e. The third-order valence-electron chi connectivity index (χ3n) is 1.87. The van der Waals surface area contributed by atoms with Crippen LogP contribution in [0.4, 0.5) is 0 Å². The average molecular weight is 239 g/mol. The number of carbonyl (C=O) groups excluding carboxylic acids is 1. The summed E-state index contributed by atoms with van der Waals surface area (Å²) in [6.07, 6.45) is -8.77. The van der Waals surface area contributed by atoms with Crippen LogP contribution in [0.15, 0.2) is 0 Å². The molecule has 0 bridgehead atoms. The van der Waals surface area contributed by atoms with Crippen LogP contribution < -0.4 is 5.32 Å². The Hall–Kier alpha value is -0.770. The number of amides is 1. The van der Waals surface area contributed by atoms with Gasteiger partial charge in [-0.1, -0.05) is 0 Å². The van der Waals surface area contributed by atoms with E-state index < -0.39 is 43.2 Å². The Morgan fingerprint density at radius 1 is 1.12 bits per heavy atom. The first-order chi connectivity index (χ1) is 7.31. The maximum absolute atomic E-state index is 11.1. The number of rotatable bonds is 6. The Morgan fingerprint density at radius 3 is 2.00 bits per heavy atom. The van der Waals surface area contributed by atoms with E-state index in [0.29, 0.717) is 0 Å². The summed E-state index contributed by atoms with van der Waals surface area (Å²) in [4.78, 5) is 11.1. The minimum atomic E-state index is -2.02. The van der Waals surface area contributed by atoms with Crippen LogP contribution in [-0.4, -0.2) is 73.8 Å². The van der Waals surface area contributed by atoms with Crippen molar-refractivity contribution in [3.63, 3.8) is 0 Å². The molecule has 0 aliphatic carbocycles. The molecular formula is C8H17NO7. The molecule has 0 heterocycles. The molecule has 0 radical (unpaired) electrons. The maximum Gasteiger partial charge on any atom is 0.253 e. The Balaban J connectivity index is 4.36. The van der Waals surface area contributed by atoms with Gasteiger partial charge in [0, 0.05) is 0 Å². The SMILES string of the molecule is CC(O)NC(=O)C(O)C(O)C(O)C(O)CO. The number of nitrogens with one attached hydrogen (secondary N) is 1. The lowest BCUT2D eigenvalue weighted by Crippen LogP contribution is -2.52. The Kier molecular flexibility index (Phi) is 6.41. The van der Waals surface area contributed by atoms with Crippen molar-refractivity contribution in [2.75, 3.05) is 6.61 Å². The van der Waals surface area contributed by atoms with Crippen LogP contribution in [0.5, 0.6) is 0 Å². The van der Waals surface area contributed by atoms with E-state index in [2.05, 4.69) is 0 Å². The molecule has 0 rings (SSSR count). The van der Waals surface area contributed by atoms with E-state index in [0.717, 1.165) is 0 Å². The van der Waals surface area contributed by atoms with Crippen LogP contribution in [0.25, 0.3) is 0 Å². The molecule has 1 amide bonds. The largest absolute Gasteiger partial charge is 0.394 e. The van der Waals surface area contributed by atoms with Gasteiger partial charge in [0.1, 0.15) is 24.5 Å². The van der Waals surface area contributed by atoms with E-state index in [1.54, 1.807) is 0 Å². The quantitative estimate of drug-likeness (QED) is 0.233. The zero-order valence-corrected chi connectivity index (χ0v) is 8.69. The van der Waals surface area contributed by atoms with Crippen molar-refractivity contribution in [3.05, 3.63) is 0 Å². The van der Waals surface area contributed by atoms with Crippen LogP contribution in [0, 0.1) is 0 Å². The summed E-state index contributed by atoms with van der Waals surface area (Å²) in [7, 11) is 0. The summed E-state index contributed by atoms with van der Waals surface area (Å²) in [5.74, 6) is -1.10. The van der Waals surface area contributed by atoms with Crippen LogP contribution in [-0.2, 0) is 4.79 Å². The number of hydrogen-bond donors (Lipinski definition) is 7. The highest BCUT2D eigenvalue weighted by Gasteiger charge is 2.34. The average Bonchev–Trinajstić information content (AvgIpc) is 2.23. The topological polar surface area (TPSA) is 150 Å². The molecule has 0 aromatic carbocycles. The van der Waals surface area contributed by atoms with Crippen molar-refractivity contribution in [2.45, 2.75) is 37.6 Å². The van der Waals surface area contributed by atoms with Crippen molar-refractivity contribution < 1.29 is 35.4 Å². The fourth-order valence-corrected chi connectivity index (χ4v) is 0.969.